The zero-order valence-electron chi connectivity index (χ0n) is 5.99. The molecule has 2 nitrogen and oxygen atoms in total. The van der Waals surface area contributed by atoms with Gasteiger partial charge in [-0.15, -0.1) is 0 Å². The number of anilines is 1. The number of rotatable bonds is 2. The highest BCUT2D eigenvalue weighted by Gasteiger charge is 1.96. The molecule has 0 aliphatic rings. The van der Waals surface area contributed by atoms with E-state index in [9.17, 15) is 0 Å². The number of hydrogen-bond acceptors (Lipinski definition) is 2. The Morgan fingerprint density at radius 3 is 2.73 bits per heavy atom. The molecular formula is C7H8BrClN2. The van der Waals surface area contributed by atoms with Crippen LogP contribution >= 0.6 is 27.5 Å². The van der Waals surface area contributed by atoms with Crippen LogP contribution in [0.15, 0.2) is 22.7 Å². The molecule has 0 aromatic heterocycles. The third kappa shape index (κ3) is 2.36. The first kappa shape index (κ1) is 8.84. The van der Waals surface area contributed by atoms with E-state index in [-0.39, 0.29) is 0 Å². The number of hydrazine groups is 1. The lowest BCUT2D eigenvalue weighted by atomic mass is 10.3. The van der Waals surface area contributed by atoms with Gasteiger partial charge < -0.3 is 5.43 Å². The maximum atomic E-state index is 5.79. The largest absolute Gasteiger partial charge is 0.322 e. The fourth-order valence-corrected chi connectivity index (χ4v) is 1.21. The maximum Gasteiger partial charge on any atom is 0.0549 e. The molecule has 1 aromatic rings. The summed E-state index contributed by atoms with van der Waals surface area (Å²) >= 11 is 9.10. The van der Waals surface area contributed by atoms with Crippen LogP contribution in [0.3, 0.4) is 0 Å². The van der Waals surface area contributed by atoms with Crippen LogP contribution in [0.1, 0.15) is 0 Å². The summed E-state index contributed by atoms with van der Waals surface area (Å²) in [5, 5.41) is 0.714. The number of nitrogens with one attached hydrogen (secondary N) is 2. The van der Waals surface area contributed by atoms with Crippen molar-refractivity contribution < 1.29 is 0 Å². The molecule has 0 fully saturated rings. The molecule has 1 rings (SSSR count). The Labute approximate surface area is 79.0 Å². The van der Waals surface area contributed by atoms with Crippen molar-refractivity contribution in [2.75, 3.05) is 12.5 Å². The van der Waals surface area contributed by atoms with Crippen LogP contribution in [-0.2, 0) is 0 Å². The molecular weight excluding hydrogens is 227 g/mol. The molecule has 11 heavy (non-hydrogen) atoms. The van der Waals surface area contributed by atoms with Crippen LogP contribution in [0.4, 0.5) is 5.69 Å². The van der Waals surface area contributed by atoms with Gasteiger partial charge in [0.15, 0.2) is 0 Å². The molecule has 0 atom stereocenters. The van der Waals surface area contributed by atoms with Crippen molar-refractivity contribution in [3.63, 3.8) is 0 Å². The highest BCUT2D eigenvalue weighted by atomic mass is 79.9. The van der Waals surface area contributed by atoms with Gasteiger partial charge in [0, 0.05) is 17.2 Å². The van der Waals surface area contributed by atoms with Crippen molar-refractivity contribution in [2.45, 2.75) is 0 Å². The smallest absolute Gasteiger partial charge is 0.0549 e. The second-order valence-electron chi connectivity index (χ2n) is 2.00. The standard InChI is InChI=1S/C7H8BrClN2/c1-10-11-5-2-3-7(9)6(8)4-5/h2-4,10-11H,1H3. The Bertz CT molecular complexity index is 252. The lowest BCUT2D eigenvalue weighted by Crippen LogP contribution is -2.14. The molecule has 60 valence electrons. The van der Waals surface area contributed by atoms with E-state index in [0.717, 1.165) is 10.2 Å². The number of benzene rings is 1. The summed E-state index contributed by atoms with van der Waals surface area (Å²) in [5.41, 5.74) is 6.73. The quantitative estimate of drug-likeness (QED) is 0.770. The molecule has 4 heteroatoms. The minimum Gasteiger partial charge on any atom is -0.322 e. The maximum absolute atomic E-state index is 5.79. The Morgan fingerprint density at radius 1 is 1.45 bits per heavy atom. The Balaban J connectivity index is 2.86. The zero-order chi connectivity index (χ0) is 8.27. The topological polar surface area (TPSA) is 24.1 Å². The van der Waals surface area contributed by atoms with Gasteiger partial charge in [0.25, 0.3) is 0 Å². The normalized spacial score (nSPS) is 9.73. The van der Waals surface area contributed by atoms with Crippen molar-refractivity contribution in [2.24, 2.45) is 0 Å². The fraction of sp³-hybridized carbons (Fsp3) is 0.143. The van der Waals surface area contributed by atoms with Gasteiger partial charge in [0.05, 0.1) is 5.02 Å². The lowest BCUT2D eigenvalue weighted by molar-refractivity contribution is 0.984. The summed E-state index contributed by atoms with van der Waals surface area (Å²) in [6, 6.07) is 5.62. The summed E-state index contributed by atoms with van der Waals surface area (Å²) in [7, 11) is 1.81. The van der Waals surface area contributed by atoms with Gasteiger partial charge in [-0.1, -0.05) is 11.6 Å². The first-order valence-electron chi connectivity index (χ1n) is 3.12. The van der Waals surface area contributed by atoms with Crippen molar-refractivity contribution in [1.82, 2.24) is 5.43 Å². The predicted molar refractivity (Wildman–Crippen MR) is 51.8 cm³/mol. The molecule has 0 amide bonds. The Kier molecular flexibility index (Phi) is 3.17. The molecule has 0 aliphatic heterocycles. The Morgan fingerprint density at radius 2 is 2.18 bits per heavy atom. The van der Waals surface area contributed by atoms with Crippen LogP contribution in [0.25, 0.3) is 0 Å². The van der Waals surface area contributed by atoms with E-state index >= 15 is 0 Å². The van der Waals surface area contributed by atoms with Crippen LogP contribution in [0, 0.1) is 0 Å². The van der Waals surface area contributed by atoms with E-state index in [1.807, 2.05) is 25.2 Å². The molecule has 0 aliphatic carbocycles. The summed E-state index contributed by atoms with van der Waals surface area (Å²) in [6.45, 7) is 0. The second-order valence-corrected chi connectivity index (χ2v) is 3.27. The van der Waals surface area contributed by atoms with Gasteiger partial charge in [-0.25, -0.2) is 5.43 Å². The molecule has 0 saturated carbocycles. The fourth-order valence-electron chi connectivity index (χ4n) is 0.718. The zero-order valence-corrected chi connectivity index (χ0v) is 8.33. The van der Waals surface area contributed by atoms with Crippen molar-refractivity contribution in [3.05, 3.63) is 27.7 Å². The van der Waals surface area contributed by atoms with Crippen LogP contribution in [0.5, 0.6) is 0 Å². The van der Waals surface area contributed by atoms with Crippen molar-refractivity contribution >= 4 is 33.2 Å². The van der Waals surface area contributed by atoms with E-state index in [1.165, 1.54) is 0 Å². The van der Waals surface area contributed by atoms with Gasteiger partial charge in [0.1, 0.15) is 0 Å². The van der Waals surface area contributed by atoms with Gasteiger partial charge >= 0.3 is 0 Å². The highest BCUT2D eigenvalue weighted by Crippen LogP contribution is 2.24. The Hall–Kier alpha value is -0.250. The summed E-state index contributed by atoms with van der Waals surface area (Å²) in [6.07, 6.45) is 0. The molecule has 0 saturated heterocycles. The first-order valence-corrected chi connectivity index (χ1v) is 4.29. The van der Waals surface area contributed by atoms with Crippen molar-refractivity contribution in [3.8, 4) is 0 Å². The van der Waals surface area contributed by atoms with Gasteiger partial charge in [-0.2, -0.15) is 0 Å². The van der Waals surface area contributed by atoms with E-state index in [1.54, 1.807) is 0 Å². The third-order valence-electron chi connectivity index (χ3n) is 1.19. The second kappa shape index (κ2) is 3.95. The predicted octanol–water partition coefficient (Wildman–Crippen LogP) is 2.65. The molecule has 0 heterocycles. The highest BCUT2D eigenvalue weighted by molar-refractivity contribution is 9.10. The number of hydrogen-bond donors (Lipinski definition) is 2. The lowest BCUT2D eigenvalue weighted by Gasteiger charge is -2.04. The van der Waals surface area contributed by atoms with Gasteiger partial charge in [0.2, 0.25) is 0 Å². The van der Waals surface area contributed by atoms with Gasteiger partial charge in [-0.3, -0.25) is 0 Å². The molecule has 0 spiro atoms. The molecule has 0 radical (unpaired) electrons. The van der Waals surface area contributed by atoms with Gasteiger partial charge in [-0.05, 0) is 34.1 Å². The van der Waals surface area contributed by atoms with Crippen LogP contribution in [0.2, 0.25) is 5.02 Å². The van der Waals surface area contributed by atoms with E-state index in [4.69, 9.17) is 11.6 Å². The SMILES string of the molecule is CNNc1ccc(Cl)c(Br)c1. The molecule has 1 aromatic carbocycles. The molecule has 0 unspecified atom stereocenters. The minimum absolute atomic E-state index is 0.714. The van der Waals surface area contributed by atoms with Crippen molar-refractivity contribution in [1.29, 1.82) is 0 Å². The third-order valence-corrected chi connectivity index (χ3v) is 2.40. The molecule has 0 bridgehead atoms. The summed E-state index contributed by atoms with van der Waals surface area (Å²) < 4.78 is 0.888. The first-order chi connectivity index (χ1) is 5.24. The average Bonchev–Trinajstić information content (AvgIpc) is 1.98. The van der Waals surface area contributed by atoms with Crippen LogP contribution < -0.4 is 10.9 Å². The average molecular weight is 236 g/mol. The van der Waals surface area contributed by atoms with E-state index in [2.05, 4.69) is 26.8 Å². The van der Waals surface area contributed by atoms with E-state index in [0.29, 0.717) is 5.02 Å². The van der Waals surface area contributed by atoms with E-state index < -0.39 is 0 Å². The minimum atomic E-state index is 0.714. The monoisotopic (exact) mass is 234 g/mol. The van der Waals surface area contributed by atoms with Crippen LogP contribution in [-0.4, -0.2) is 7.05 Å². The summed E-state index contributed by atoms with van der Waals surface area (Å²) in [4.78, 5) is 0. The summed E-state index contributed by atoms with van der Waals surface area (Å²) in [5.74, 6) is 0. The molecule has 2 N–H and O–H groups in total. The number of halogens is 2.